The Morgan fingerprint density at radius 3 is 2.10 bits per heavy atom. The number of carbonyl (C=O) groups is 3. The van der Waals surface area contributed by atoms with E-state index < -0.39 is 5.41 Å². The molecule has 0 saturated carbocycles. The summed E-state index contributed by atoms with van der Waals surface area (Å²) in [6, 6.07) is 5.75. The van der Waals surface area contributed by atoms with Gasteiger partial charge in [-0.1, -0.05) is 26.8 Å². The minimum absolute atomic E-state index is 0. The van der Waals surface area contributed by atoms with Gasteiger partial charge >= 0.3 is 0 Å². The summed E-state index contributed by atoms with van der Waals surface area (Å²) in [6.07, 6.45) is 0.572. The van der Waals surface area contributed by atoms with Crippen molar-refractivity contribution >= 4 is 29.0 Å². The number of hydrazone groups is 1. The summed E-state index contributed by atoms with van der Waals surface area (Å²) < 4.78 is 0.468. The molecule has 0 aliphatic heterocycles. The second kappa shape index (κ2) is 12.0. The maximum absolute atomic E-state index is 12.5. The summed E-state index contributed by atoms with van der Waals surface area (Å²) in [5.41, 5.74) is 5.52. The zero-order valence-electron chi connectivity index (χ0n) is 20.1. The van der Waals surface area contributed by atoms with Crippen molar-refractivity contribution in [3.63, 3.8) is 0 Å². The zero-order valence-corrected chi connectivity index (χ0v) is 20.8. The maximum Gasteiger partial charge on any atom is 0.295 e. The average Bonchev–Trinajstić information content (AvgIpc) is 2.58. The topological polar surface area (TPSA) is 87.6 Å². The molecule has 2 amide bonds. The molecule has 0 aromatic heterocycles. The lowest BCUT2D eigenvalue weighted by molar-refractivity contribution is -0.862. The smallest absolute Gasteiger partial charge is 0.295 e. The molecule has 0 spiro atoms. The quantitative estimate of drug-likeness (QED) is 0.319. The highest BCUT2D eigenvalue weighted by Gasteiger charge is 2.23. The largest absolute Gasteiger partial charge is 1.00 e. The number of carbonyl (C=O) groups excluding carboxylic acids is 3. The Morgan fingerprint density at radius 1 is 0.968 bits per heavy atom. The van der Waals surface area contributed by atoms with Crippen molar-refractivity contribution in [2.45, 2.75) is 53.9 Å². The van der Waals surface area contributed by atoms with Crippen LogP contribution in [-0.2, 0) is 14.4 Å². The number of hydrogen-bond acceptors (Lipinski definition) is 4. The van der Waals surface area contributed by atoms with Crippen molar-refractivity contribution < 1.29 is 31.3 Å². The van der Waals surface area contributed by atoms with Crippen LogP contribution in [0, 0.1) is 19.3 Å². The molecule has 1 rings (SSSR count). The molecule has 0 saturated heterocycles. The highest BCUT2D eigenvalue weighted by Crippen LogP contribution is 2.18. The number of benzene rings is 1. The second-order valence-electron chi connectivity index (χ2n) is 9.86. The van der Waals surface area contributed by atoms with E-state index in [2.05, 4.69) is 15.8 Å². The van der Waals surface area contributed by atoms with Crippen molar-refractivity contribution in [3.05, 3.63) is 29.3 Å². The van der Waals surface area contributed by atoms with Gasteiger partial charge in [-0.05, 0) is 43.5 Å². The molecule has 0 heterocycles. The normalized spacial score (nSPS) is 12.1. The van der Waals surface area contributed by atoms with Gasteiger partial charge in [0.2, 0.25) is 5.91 Å². The Kier molecular flexibility index (Phi) is 11.1. The first kappa shape index (κ1) is 28.8. The van der Waals surface area contributed by atoms with E-state index in [1.165, 1.54) is 0 Å². The number of rotatable bonds is 9. The van der Waals surface area contributed by atoms with Crippen LogP contribution >= 0.6 is 0 Å². The van der Waals surface area contributed by atoms with E-state index in [0.717, 1.165) is 16.8 Å². The minimum atomic E-state index is -0.519. The number of ketones is 1. The Hall–Kier alpha value is -2.25. The first-order valence-corrected chi connectivity index (χ1v) is 10.2. The molecule has 0 bridgehead atoms. The molecular formula is C23H37ClN4O3. The predicted molar refractivity (Wildman–Crippen MR) is 121 cm³/mol. The number of Topliss-reactive ketones (excluding diaryl/α,β-unsaturated/α-hetero) is 1. The lowest BCUT2D eigenvalue weighted by atomic mass is 9.87. The molecule has 2 N–H and O–H groups in total. The fraction of sp³-hybridized carbons (Fsp3) is 0.565. The van der Waals surface area contributed by atoms with Crippen LogP contribution in [0.15, 0.2) is 23.3 Å². The van der Waals surface area contributed by atoms with E-state index in [0.29, 0.717) is 16.6 Å². The van der Waals surface area contributed by atoms with E-state index in [4.69, 9.17) is 0 Å². The summed E-state index contributed by atoms with van der Waals surface area (Å²) >= 11 is 0. The standard InChI is InChI=1S/C23H36N4O3.ClH/c1-16-9-10-18(13-17(16)2)24-21(29)12-11-19(14-20(28)23(3,4)5)25-26-22(30)15-27(6,7)8;/h9-10,13H,11-12,14-15H2,1-8H3,(H-,24,26,29,30);1H/b25-19-;. The number of anilines is 1. The number of amides is 2. The molecule has 1 aromatic carbocycles. The molecule has 0 atom stereocenters. The van der Waals surface area contributed by atoms with Crippen LogP contribution in [0.4, 0.5) is 5.69 Å². The summed E-state index contributed by atoms with van der Waals surface area (Å²) in [6.45, 7) is 9.80. The fourth-order valence-corrected chi connectivity index (χ4v) is 2.54. The third kappa shape index (κ3) is 11.6. The van der Waals surface area contributed by atoms with Gasteiger partial charge in [-0.3, -0.25) is 14.4 Å². The van der Waals surface area contributed by atoms with Gasteiger partial charge in [0.1, 0.15) is 5.78 Å². The van der Waals surface area contributed by atoms with Crippen LogP contribution in [0.1, 0.15) is 51.2 Å². The summed E-state index contributed by atoms with van der Waals surface area (Å²) in [5, 5.41) is 7.05. The molecule has 7 nitrogen and oxygen atoms in total. The fourth-order valence-electron chi connectivity index (χ4n) is 2.54. The molecule has 31 heavy (non-hydrogen) atoms. The summed E-state index contributed by atoms with van der Waals surface area (Å²) in [5.74, 6) is -0.383. The van der Waals surface area contributed by atoms with Crippen LogP contribution in [0.5, 0.6) is 0 Å². The number of nitrogens with one attached hydrogen (secondary N) is 2. The van der Waals surface area contributed by atoms with Crippen molar-refractivity contribution in [3.8, 4) is 0 Å². The number of halogens is 1. The molecule has 8 heteroatoms. The molecule has 0 unspecified atom stereocenters. The first-order chi connectivity index (χ1) is 13.7. The number of nitrogens with zero attached hydrogens (tertiary/aromatic N) is 2. The monoisotopic (exact) mass is 452 g/mol. The van der Waals surface area contributed by atoms with Crippen molar-refractivity contribution in [2.24, 2.45) is 10.5 Å². The van der Waals surface area contributed by atoms with Crippen LogP contribution < -0.4 is 23.1 Å². The highest BCUT2D eigenvalue weighted by molar-refractivity contribution is 6.05. The van der Waals surface area contributed by atoms with E-state index in [-0.39, 0.29) is 49.4 Å². The third-order valence-corrected chi connectivity index (χ3v) is 4.59. The lowest BCUT2D eigenvalue weighted by Crippen LogP contribution is -3.00. The Bertz CT molecular complexity index is 821. The van der Waals surface area contributed by atoms with Gasteiger partial charge in [-0.15, -0.1) is 0 Å². The van der Waals surface area contributed by atoms with Gasteiger partial charge in [-0.25, -0.2) is 5.43 Å². The summed E-state index contributed by atoms with van der Waals surface area (Å²) in [4.78, 5) is 36.9. The maximum atomic E-state index is 12.5. The Balaban J connectivity index is 0.00000900. The van der Waals surface area contributed by atoms with Gasteiger partial charge in [0.05, 0.1) is 21.1 Å². The van der Waals surface area contributed by atoms with Crippen LogP contribution in [0.2, 0.25) is 0 Å². The van der Waals surface area contributed by atoms with Gasteiger partial charge in [0.25, 0.3) is 5.91 Å². The Labute approximate surface area is 192 Å². The van der Waals surface area contributed by atoms with E-state index in [9.17, 15) is 14.4 Å². The van der Waals surface area contributed by atoms with E-state index >= 15 is 0 Å². The van der Waals surface area contributed by atoms with Crippen molar-refractivity contribution in [1.29, 1.82) is 0 Å². The SMILES string of the molecule is Cc1ccc(NC(=O)CC/C(CC(=O)C(C)(C)C)=N/NC(=O)C[N+](C)(C)C)cc1C.[Cl-]. The van der Waals surface area contributed by atoms with Crippen molar-refractivity contribution in [2.75, 3.05) is 33.0 Å². The zero-order chi connectivity index (χ0) is 23.1. The number of aryl methyl sites for hydroxylation is 2. The molecular weight excluding hydrogens is 416 g/mol. The van der Waals surface area contributed by atoms with Gasteiger partial charge < -0.3 is 22.2 Å². The van der Waals surface area contributed by atoms with Gasteiger partial charge in [0.15, 0.2) is 6.54 Å². The van der Waals surface area contributed by atoms with E-state index in [1.807, 2.05) is 74.0 Å². The molecule has 0 radical (unpaired) electrons. The first-order valence-electron chi connectivity index (χ1n) is 10.2. The number of quaternary nitrogens is 1. The van der Waals surface area contributed by atoms with Crippen molar-refractivity contribution in [1.82, 2.24) is 5.43 Å². The van der Waals surface area contributed by atoms with Crippen LogP contribution in [0.25, 0.3) is 0 Å². The summed E-state index contributed by atoms with van der Waals surface area (Å²) in [7, 11) is 5.72. The molecule has 0 aliphatic carbocycles. The second-order valence-corrected chi connectivity index (χ2v) is 9.86. The van der Waals surface area contributed by atoms with E-state index in [1.54, 1.807) is 0 Å². The van der Waals surface area contributed by atoms with Gasteiger partial charge in [0, 0.05) is 29.7 Å². The molecule has 0 fully saturated rings. The minimum Gasteiger partial charge on any atom is -1.00 e. The third-order valence-electron chi connectivity index (χ3n) is 4.59. The Morgan fingerprint density at radius 2 is 1.58 bits per heavy atom. The van der Waals surface area contributed by atoms with Gasteiger partial charge in [-0.2, -0.15) is 5.10 Å². The number of likely N-dealkylation sites (N-methyl/N-ethyl adjacent to an activating group) is 1. The highest BCUT2D eigenvalue weighted by atomic mass is 35.5. The molecule has 0 aliphatic rings. The van der Waals surface area contributed by atoms with Crippen LogP contribution in [0.3, 0.4) is 0 Å². The molecule has 174 valence electrons. The molecule has 1 aromatic rings. The average molecular weight is 453 g/mol. The van der Waals surface area contributed by atoms with Crippen LogP contribution in [-0.4, -0.2) is 55.5 Å². The lowest BCUT2D eigenvalue weighted by Gasteiger charge is -2.22. The predicted octanol–water partition coefficient (Wildman–Crippen LogP) is 0.210. The number of hydrogen-bond donors (Lipinski definition) is 2.